The van der Waals surface area contributed by atoms with E-state index in [1.807, 2.05) is 18.2 Å². The second-order valence-electron chi connectivity index (χ2n) is 5.72. The van der Waals surface area contributed by atoms with Crippen molar-refractivity contribution < 1.29 is 9.90 Å². The van der Waals surface area contributed by atoms with E-state index in [1.165, 1.54) is 12.8 Å². The molecule has 1 aliphatic carbocycles. The van der Waals surface area contributed by atoms with Gasteiger partial charge in [-0.3, -0.25) is 4.98 Å². The zero-order valence-electron chi connectivity index (χ0n) is 10.5. The summed E-state index contributed by atoms with van der Waals surface area (Å²) in [5.74, 6) is -0.896. The molecule has 0 unspecified atom stereocenters. The molecule has 2 fully saturated rings. The van der Waals surface area contributed by atoms with Gasteiger partial charge in [0.25, 0.3) is 0 Å². The molecule has 19 heavy (non-hydrogen) atoms. The van der Waals surface area contributed by atoms with Crippen LogP contribution in [0.2, 0.25) is 0 Å². The lowest BCUT2D eigenvalue weighted by Gasteiger charge is -2.42. The van der Waals surface area contributed by atoms with Gasteiger partial charge in [0.1, 0.15) is 0 Å². The van der Waals surface area contributed by atoms with Crippen molar-refractivity contribution in [3.63, 3.8) is 0 Å². The lowest BCUT2D eigenvalue weighted by atomic mass is 9.95. The summed E-state index contributed by atoms with van der Waals surface area (Å²) in [6, 6.07) is 7.47. The maximum absolute atomic E-state index is 11.3. The van der Waals surface area contributed by atoms with Crippen LogP contribution in [0.1, 0.15) is 23.2 Å². The monoisotopic (exact) mass is 254 g/mol. The largest absolute Gasteiger partial charge is 0.478 e. The first-order valence-corrected chi connectivity index (χ1v) is 6.54. The van der Waals surface area contributed by atoms with Gasteiger partial charge in [0.2, 0.25) is 0 Å². The molecule has 4 rings (SSSR count). The van der Waals surface area contributed by atoms with Crippen LogP contribution in [-0.4, -0.2) is 29.1 Å². The summed E-state index contributed by atoms with van der Waals surface area (Å²) < 4.78 is 0. The molecule has 0 radical (unpaired) electrons. The Bertz CT molecular complexity index is 684. The van der Waals surface area contributed by atoms with E-state index in [0.29, 0.717) is 11.0 Å². The number of carbonyl (C=O) groups is 1. The van der Waals surface area contributed by atoms with Gasteiger partial charge in [0.15, 0.2) is 0 Å². The Kier molecular flexibility index (Phi) is 1.97. The Morgan fingerprint density at radius 3 is 2.74 bits per heavy atom. The number of hydrogen-bond acceptors (Lipinski definition) is 3. The maximum Gasteiger partial charge on any atom is 0.336 e. The number of pyridine rings is 1. The van der Waals surface area contributed by atoms with Crippen LogP contribution in [0.15, 0.2) is 30.5 Å². The number of aromatic nitrogens is 1. The standard InChI is InChI=1S/C15H14N2O2/c18-14(19)11-3-6-16-13-2-1-10(7-12(11)13)17-8-15(9-17)4-5-15/h1-3,6-7H,4-5,8-9H2,(H,18,19). The van der Waals surface area contributed by atoms with E-state index in [2.05, 4.69) is 9.88 Å². The van der Waals surface area contributed by atoms with Gasteiger partial charge in [0.05, 0.1) is 11.1 Å². The molecule has 1 spiro atoms. The molecular formula is C15H14N2O2. The van der Waals surface area contributed by atoms with Crippen molar-refractivity contribution in [3.05, 3.63) is 36.0 Å². The Hall–Kier alpha value is -2.10. The van der Waals surface area contributed by atoms with Gasteiger partial charge < -0.3 is 10.0 Å². The summed E-state index contributed by atoms with van der Waals surface area (Å²) in [6.45, 7) is 2.22. The molecule has 96 valence electrons. The van der Waals surface area contributed by atoms with E-state index >= 15 is 0 Å². The average molecular weight is 254 g/mol. The predicted molar refractivity (Wildman–Crippen MR) is 72.6 cm³/mol. The van der Waals surface area contributed by atoms with Crippen LogP contribution in [0.25, 0.3) is 10.9 Å². The molecule has 1 saturated heterocycles. The summed E-state index contributed by atoms with van der Waals surface area (Å²) in [5, 5.41) is 9.96. The molecule has 4 heteroatoms. The van der Waals surface area contributed by atoms with E-state index in [0.717, 1.165) is 29.7 Å². The number of benzene rings is 1. The normalized spacial score (nSPS) is 19.5. The second-order valence-corrected chi connectivity index (χ2v) is 5.72. The summed E-state index contributed by atoms with van der Waals surface area (Å²) in [7, 11) is 0. The van der Waals surface area contributed by atoms with Crippen molar-refractivity contribution in [1.29, 1.82) is 0 Å². The van der Waals surface area contributed by atoms with Gasteiger partial charge >= 0.3 is 5.97 Å². The number of anilines is 1. The number of fused-ring (bicyclic) bond motifs is 1. The molecule has 4 nitrogen and oxygen atoms in total. The van der Waals surface area contributed by atoms with Gasteiger partial charge in [-0.15, -0.1) is 0 Å². The van der Waals surface area contributed by atoms with Crippen molar-refractivity contribution in [2.75, 3.05) is 18.0 Å². The van der Waals surface area contributed by atoms with Crippen LogP contribution in [-0.2, 0) is 0 Å². The minimum absolute atomic E-state index is 0.327. The molecule has 1 N–H and O–H groups in total. The molecule has 1 aliphatic heterocycles. The van der Waals surface area contributed by atoms with Crippen molar-refractivity contribution in [1.82, 2.24) is 4.98 Å². The van der Waals surface area contributed by atoms with Crippen LogP contribution in [0.3, 0.4) is 0 Å². The van der Waals surface area contributed by atoms with Crippen molar-refractivity contribution in [3.8, 4) is 0 Å². The van der Waals surface area contributed by atoms with Gasteiger partial charge in [-0.2, -0.15) is 0 Å². The highest BCUT2D eigenvalue weighted by Gasteiger charge is 2.52. The van der Waals surface area contributed by atoms with Crippen molar-refractivity contribution >= 4 is 22.6 Å². The molecule has 1 aromatic carbocycles. The molecule has 2 heterocycles. The summed E-state index contributed by atoms with van der Waals surface area (Å²) >= 11 is 0. The fourth-order valence-corrected chi connectivity index (χ4v) is 2.96. The van der Waals surface area contributed by atoms with Gasteiger partial charge in [-0.25, -0.2) is 4.79 Å². The fraction of sp³-hybridized carbons (Fsp3) is 0.333. The lowest BCUT2D eigenvalue weighted by Crippen LogP contribution is -2.48. The Balaban J connectivity index is 1.77. The van der Waals surface area contributed by atoms with Crippen LogP contribution < -0.4 is 4.90 Å². The SMILES string of the molecule is O=C(O)c1ccnc2ccc(N3CC4(CC4)C3)cc12. The average Bonchev–Trinajstić information content (AvgIpc) is 3.16. The van der Waals surface area contributed by atoms with Gasteiger partial charge in [-0.1, -0.05) is 0 Å². The quantitative estimate of drug-likeness (QED) is 0.894. The first-order chi connectivity index (χ1) is 9.17. The topological polar surface area (TPSA) is 53.4 Å². The third-order valence-corrected chi connectivity index (χ3v) is 4.33. The van der Waals surface area contributed by atoms with Crippen LogP contribution in [0.4, 0.5) is 5.69 Å². The fourth-order valence-electron chi connectivity index (χ4n) is 2.96. The number of nitrogens with zero attached hydrogens (tertiary/aromatic N) is 2. The molecule has 0 bridgehead atoms. The highest BCUT2D eigenvalue weighted by atomic mass is 16.4. The molecule has 2 aromatic rings. The highest BCUT2D eigenvalue weighted by molar-refractivity contribution is 6.03. The van der Waals surface area contributed by atoms with Crippen molar-refractivity contribution in [2.45, 2.75) is 12.8 Å². The van der Waals surface area contributed by atoms with Crippen LogP contribution >= 0.6 is 0 Å². The summed E-state index contributed by atoms with van der Waals surface area (Å²) in [6.07, 6.45) is 4.24. The first kappa shape index (κ1) is 10.8. The van der Waals surface area contributed by atoms with E-state index in [-0.39, 0.29) is 0 Å². The van der Waals surface area contributed by atoms with E-state index in [4.69, 9.17) is 0 Å². The number of carboxylic acid groups (broad SMARTS) is 1. The van der Waals surface area contributed by atoms with E-state index in [1.54, 1.807) is 12.3 Å². The van der Waals surface area contributed by atoms with E-state index in [9.17, 15) is 9.90 Å². The number of rotatable bonds is 2. The van der Waals surface area contributed by atoms with Crippen LogP contribution in [0, 0.1) is 5.41 Å². The third kappa shape index (κ3) is 1.59. The minimum Gasteiger partial charge on any atom is -0.478 e. The van der Waals surface area contributed by atoms with Crippen LogP contribution in [0.5, 0.6) is 0 Å². The zero-order chi connectivity index (χ0) is 13.0. The molecule has 0 atom stereocenters. The molecule has 1 saturated carbocycles. The number of carboxylic acids is 1. The Morgan fingerprint density at radius 2 is 2.05 bits per heavy atom. The van der Waals surface area contributed by atoms with Gasteiger partial charge in [-0.05, 0) is 37.1 Å². The summed E-state index contributed by atoms with van der Waals surface area (Å²) in [5.41, 5.74) is 2.78. The molecule has 2 aliphatic rings. The van der Waals surface area contributed by atoms with Crippen molar-refractivity contribution in [2.24, 2.45) is 5.41 Å². The Labute approximate surface area is 110 Å². The molecule has 1 aromatic heterocycles. The third-order valence-electron chi connectivity index (χ3n) is 4.33. The molecular weight excluding hydrogens is 240 g/mol. The predicted octanol–water partition coefficient (Wildman–Crippen LogP) is 2.53. The second kappa shape index (κ2) is 3.47. The van der Waals surface area contributed by atoms with E-state index < -0.39 is 5.97 Å². The highest BCUT2D eigenvalue weighted by Crippen LogP contribution is 2.54. The van der Waals surface area contributed by atoms with Gasteiger partial charge in [0, 0.05) is 35.8 Å². The zero-order valence-corrected chi connectivity index (χ0v) is 10.5. The minimum atomic E-state index is -0.896. The maximum atomic E-state index is 11.3. The Morgan fingerprint density at radius 1 is 1.26 bits per heavy atom. The smallest absolute Gasteiger partial charge is 0.336 e. The first-order valence-electron chi connectivity index (χ1n) is 6.54. The number of hydrogen-bond donors (Lipinski definition) is 1. The lowest BCUT2D eigenvalue weighted by molar-refractivity contribution is 0.0699. The summed E-state index contributed by atoms with van der Waals surface area (Å²) in [4.78, 5) is 17.8. The number of aromatic carboxylic acids is 1. The molecule has 0 amide bonds.